The Hall–Kier alpha value is -3.31. The molecule has 0 radical (unpaired) electrons. The zero-order chi connectivity index (χ0) is 22.7. The summed E-state index contributed by atoms with van der Waals surface area (Å²) in [5, 5.41) is 0. The number of hydrogen-bond donors (Lipinski definition) is 1. The van der Waals surface area contributed by atoms with Crippen LogP contribution < -0.4 is 5.56 Å². The predicted molar refractivity (Wildman–Crippen MR) is 130 cm³/mol. The van der Waals surface area contributed by atoms with Gasteiger partial charge in [-0.2, -0.15) is 0 Å². The van der Waals surface area contributed by atoms with Crippen molar-refractivity contribution in [2.45, 2.75) is 46.7 Å². The van der Waals surface area contributed by atoms with Crippen molar-refractivity contribution < 1.29 is 0 Å². The minimum absolute atomic E-state index is 0.124. The lowest BCUT2D eigenvalue weighted by Crippen LogP contribution is -2.39. The summed E-state index contributed by atoms with van der Waals surface area (Å²) in [6.07, 6.45) is 9.20. The second kappa shape index (κ2) is 9.45. The van der Waals surface area contributed by atoms with E-state index >= 15 is 0 Å². The third kappa shape index (κ3) is 4.94. The molecule has 4 rings (SSSR count). The summed E-state index contributed by atoms with van der Waals surface area (Å²) in [5.74, 6) is 0.600. The van der Waals surface area contributed by atoms with Crippen LogP contribution >= 0.6 is 0 Å². The first-order valence-electron chi connectivity index (χ1n) is 11.1. The van der Waals surface area contributed by atoms with Gasteiger partial charge in [0.25, 0.3) is 5.56 Å². The van der Waals surface area contributed by atoms with Gasteiger partial charge in [0.15, 0.2) is 0 Å². The first-order valence-corrected chi connectivity index (χ1v) is 11.1. The van der Waals surface area contributed by atoms with E-state index in [1.165, 1.54) is 28.5 Å². The molecule has 0 bridgehead atoms. The van der Waals surface area contributed by atoms with Crippen molar-refractivity contribution in [1.29, 1.82) is 0 Å². The van der Waals surface area contributed by atoms with E-state index in [-0.39, 0.29) is 11.6 Å². The van der Waals surface area contributed by atoms with E-state index in [1.54, 1.807) is 0 Å². The summed E-state index contributed by atoms with van der Waals surface area (Å²) in [6.45, 7) is 9.86. The maximum atomic E-state index is 11.8. The Morgan fingerprint density at radius 3 is 2.78 bits per heavy atom. The van der Waals surface area contributed by atoms with Crippen LogP contribution in [-0.4, -0.2) is 32.4 Å². The van der Waals surface area contributed by atoms with Gasteiger partial charge in [-0.15, -0.1) is 0 Å². The second-order valence-corrected chi connectivity index (χ2v) is 8.55. The Bertz CT molecular complexity index is 1240. The maximum Gasteiger partial charge on any atom is 0.251 e. The van der Waals surface area contributed by atoms with Crippen LogP contribution in [0, 0.1) is 13.8 Å². The fourth-order valence-corrected chi connectivity index (χ4v) is 4.38. The molecule has 3 aromatic rings. The average molecular weight is 427 g/mol. The van der Waals surface area contributed by atoms with Crippen molar-refractivity contribution in [2.24, 2.45) is 0 Å². The third-order valence-electron chi connectivity index (χ3n) is 5.91. The molecule has 5 heteroatoms. The van der Waals surface area contributed by atoms with Crippen LogP contribution in [-0.2, 0) is 13.0 Å². The standard InChI is InChI=1S/C27H30N4O/c1-5-7-25(19(3)13-26-29-20(4)14-27(32)30-26)31-11-10-24-23(17-31)15-22(16-28-24)21-9-6-8-18(2)12-21/h5-9,12-16,25H,10-11,17H2,1-4H3,(H,29,30,32)/b7-5-,19-13-. The molecule has 0 saturated heterocycles. The number of aromatic amines is 1. The molecule has 3 heterocycles. The van der Waals surface area contributed by atoms with Crippen molar-refractivity contribution in [3.05, 3.63) is 99.0 Å². The number of allylic oxidation sites excluding steroid dienone is 1. The molecule has 1 unspecified atom stereocenters. The Morgan fingerprint density at radius 1 is 1.19 bits per heavy atom. The largest absolute Gasteiger partial charge is 0.307 e. The highest BCUT2D eigenvalue weighted by atomic mass is 16.1. The highest BCUT2D eigenvalue weighted by molar-refractivity contribution is 5.64. The number of hydrogen-bond acceptors (Lipinski definition) is 4. The normalized spacial score (nSPS) is 15.7. The Labute approximate surface area is 189 Å². The van der Waals surface area contributed by atoms with E-state index in [0.717, 1.165) is 36.3 Å². The number of H-pyrrole nitrogens is 1. The van der Waals surface area contributed by atoms with Gasteiger partial charge < -0.3 is 4.98 Å². The predicted octanol–water partition coefficient (Wildman–Crippen LogP) is 4.86. The van der Waals surface area contributed by atoms with Crippen LogP contribution in [0.1, 0.15) is 42.2 Å². The first-order chi connectivity index (χ1) is 15.4. The van der Waals surface area contributed by atoms with Crippen molar-refractivity contribution in [3.8, 4) is 11.1 Å². The molecule has 164 valence electrons. The molecule has 0 saturated carbocycles. The lowest BCUT2D eigenvalue weighted by Gasteiger charge is -2.34. The molecule has 0 amide bonds. The lowest BCUT2D eigenvalue weighted by atomic mass is 9.97. The summed E-state index contributed by atoms with van der Waals surface area (Å²) in [6, 6.07) is 12.5. The smallest absolute Gasteiger partial charge is 0.251 e. The number of fused-ring (bicyclic) bond motifs is 1. The van der Waals surface area contributed by atoms with Crippen molar-refractivity contribution in [3.63, 3.8) is 0 Å². The molecule has 1 aromatic carbocycles. The van der Waals surface area contributed by atoms with Crippen LogP contribution in [0.25, 0.3) is 17.2 Å². The van der Waals surface area contributed by atoms with Crippen molar-refractivity contribution >= 4 is 6.08 Å². The van der Waals surface area contributed by atoms with Crippen molar-refractivity contribution in [1.82, 2.24) is 19.9 Å². The molecule has 1 aliphatic rings. The van der Waals surface area contributed by atoms with Gasteiger partial charge in [0.1, 0.15) is 5.82 Å². The number of aryl methyl sites for hydroxylation is 2. The fourth-order valence-electron chi connectivity index (χ4n) is 4.38. The van der Waals surface area contributed by atoms with E-state index in [9.17, 15) is 4.79 Å². The molecule has 1 N–H and O–H groups in total. The highest BCUT2D eigenvalue weighted by Gasteiger charge is 2.24. The molecule has 1 aliphatic heterocycles. The van der Waals surface area contributed by atoms with E-state index in [2.05, 4.69) is 71.2 Å². The van der Waals surface area contributed by atoms with E-state index in [1.807, 2.05) is 26.1 Å². The zero-order valence-electron chi connectivity index (χ0n) is 19.2. The monoisotopic (exact) mass is 426 g/mol. The van der Waals surface area contributed by atoms with Crippen LogP contribution in [0.15, 0.2) is 65.1 Å². The molecular weight excluding hydrogens is 396 g/mol. The van der Waals surface area contributed by atoms with Gasteiger partial charge in [0.2, 0.25) is 0 Å². The van der Waals surface area contributed by atoms with Crippen LogP contribution in [0.5, 0.6) is 0 Å². The van der Waals surface area contributed by atoms with Gasteiger partial charge >= 0.3 is 0 Å². The van der Waals surface area contributed by atoms with Crippen LogP contribution in [0.3, 0.4) is 0 Å². The molecule has 2 aromatic heterocycles. The molecular formula is C27H30N4O. The zero-order valence-corrected chi connectivity index (χ0v) is 19.2. The van der Waals surface area contributed by atoms with E-state index in [0.29, 0.717) is 5.82 Å². The molecule has 5 nitrogen and oxygen atoms in total. The van der Waals surface area contributed by atoms with E-state index < -0.39 is 0 Å². The Kier molecular flexibility index (Phi) is 6.47. The quantitative estimate of drug-likeness (QED) is 0.592. The van der Waals surface area contributed by atoms with Gasteiger partial charge in [0.05, 0.1) is 0 Å². The molecule has 32 heavy (non-hydrogen) atoms. The first kappa shape index (κ1) is 21.9. The summed E-state index contributed by atoms with van der Waals surface area (Å²) in [5.41, 5.74) is 7.81. The summed E-state index contributed by atoms with van der Waals surface area (Å²) < 4.78 is 0. The number of nitrogens with zero attached hydrogens (tertiary/aromatic N) is 3. The van der Waals surface area contributed by atoms with Crippen LogP contribution in [0.2, 0.25) is 0 Å². The maximum absolute atomic E-state index is 11.8. The average Bonchev–Trinajstić information content (AvgIpc) is 2.76. The van der Waals surface area contributed by atoms with Gasteiger partial charge in [-0.3, -0.25) is 14.7 Å². The molecule has 0 spiro atoms. The van der Waals surface area contributed by atoms with Crippen molar-refractivity contribution in [2.75, 3.05) is 6.54 Å². The third-order valence-corrected chi connectivity index (χ3v) is 5.91. The summed E-state index contributed by atoms with van der Waals surface area (Å²) >= 11 is 0. The number of aromatic nitrogens is 3. The Balaban J connectivity index is 1.62. The number of nitrogens with one attached hydrogen (secondary N) is 1. The number of benzene rings is 1. The lowest BCUT2D eigenvalue weighted by molar-refractivity contribution is 0.230. The molecule has 1 atom stereocenters. The van der Waals surface area contributed by atoms with E-state index in [4.69, 9.17) is 4.98 Å². The van der Waals surface area contributed by atoms with Gasteiger partial charge in [-0.25, -0.2) is 4.98 Å². The summed E-state index contributed by atoms with van der Waals surface area (Å²) in [7, 11) is 0. The van der Waals surface area contributed by atoms with Crippen LogP contribution in [0.4, 0.5) is 0 Å². The molecule has 0 fully saturated rings. The topological polar surface area (TPSA) is 61.9 Å². The summed E-state index contributed by atoms with van der Waals surface area (Å²) in [4.78, 5) is 26.4. The van der Waals surface area contributed by atoms with Gasteiger partial charge in [-0.05, 0) is 56.5 Å². The Morgan fingerprint density at radius 2 is 2.03 bits per heavy atom. The minimum Gasteiger partial charge on any atom is -0.307 e. The number of pyridine rings is 1. The second-order valence-electron chi connectivity index (χ2n) is 8.55. The molecule has 0 aliphatic carbocycles. The SMILES string of the molecule is C/C=C\C(/C(C)=C\c1nc(C)cc(=O)[nH]1)N1CCc2ncc(-c3cccc(C)c3)cc2C1. The van der Waals surface area contributed by atoms with Gasteiger partial charge in [0, 0.05) is 54.8 Å². The minimum atomic E-state index is -0.124. The highest BCUT2D eigenvalue weighted by Crippen LogP contribution is 2.27. The fraction of sp³-hybridized carbons (Fsp3) is 0.296. The van der Waals surface area contributed by atoms with Gasteiger partial charge in [-0.1, -0.05) is 42.0 Å². The number of rotatable bonds is 5.